The van der Waals surface area contributed by atoms with Gasteiger partial charge in [0.25, 0.3) is 0 Å². The van der Waals surface area contributed by atoms with E-state index in [2.05, 4.69) is 10.0 Å². The lowest BCUT2D eigenvalue weighted by molar-refractivity contribution is 0.595. The number of hydrogen-bond acceptors (Lipinski definition) is 3. The number of sulfonamides is 1. The number of anilines is 1. The highest BCUT2D eigenvalue weighted by molar-refractivity contribution is 7.92. The summed E-state index contributed by atoms with van der Waals surface area (Å²) in [5.74, 6) is 0.0178. The summed E-state index contributed by atoms with van der Waals surface area (Å²) >= 11 is 17.6. The Morgan fingerprint density at radius 2 is 1.68 bits per heavy atom. The highest BCUT2D eigenvalue weighted by Crippen LogP contribution is 2.34. The summed E-state index contributed by atoms with van der Waals surface area (Å²) in [6, 6.07) is 2.88. The number of hydrogen-bond donors (Lipinski definition) is 2. The van der Waals surface area contributed by atoms with Crippen molar-refractivity contribution in [3.8, 4) is 0 Å². The van der Waals surface area contributed by atoms with Gasteiger partial charge in [-0.3, -0.25) is 4.72 Å². The van der Waals surface area contributed by atoms with Crippen molar-refractivity contribution in [3.05, 3.63) is 27.2 Å². The van der Waals surface area contributed by atoms with Gasteiger partial charge in [0.15, 0.2) is 0 Å². The smallest absolute Gasteiger partial charge is 0.232 e. The second kappa shape index (κ2) is 7.55. The van der Waals surface area contributed by atoms with Gasteiger partial charge in [0.2, 0.25) is 10.0 Å². The van der Waals surface area contributed by atoms with Crippen LogP contribution in [-0.4, -0.2) is 27.8 Å². The second-order valence-corrected chi connectivity index (χ2v) is 7.07. The first-order valence-electron chi connectivity index (χ1n) is 5.65. The van der Waals surface area contributed by atoms with Crippen LogP contribution in [0.2, 0.25) is 15.1 Å². The third-order valence-electron chi connectivity index (χ3n) is 2.35. The number of unbranched alkanes of at least 4 members (excludes halogenated alkanes) is 1. The molecule has 2 N–H and O–H groups in total. The first-order valence-corrected chi connectivity index (χ1v) is 8.44. The van der Waals surface area contributed by atoms with E-state index in [0.29, 0.717) is 11.4 Å². The van der Waals surface area contributed by atoms with E-state index in [-0.39, 0.29) is 21.5 Å². The minimum atomic E-state index is -3.46. The lowest BCUT2D eigenvalue weighted by Gasteiger charge is -2.11. The van der Waals surface area contributed by atoms with Crippen molar-refractivity contribution in [1.82, 2.24) is 5.32 Å². The Hall–Kier alpha value is -0.200. The molecular formula is C11H15Cl3N2O2S. The molecule has 0 saturated heterocycles. The zero-order valence-electron chi connectivity index (χ0n) is 10.3. The first-order chi connectivity index (χ1) is 8.85. The van der Waals surface area contributed by atoms with Gasteiger partial charge in [-0.15, -0.1) is 0 Å². The molecule has 0 aliphatic rings. The van der Waals surface area contributed by atoms with E-state index in [1.165, 1.54) is 12.1 Å². The number of rotatable bonds is 7. The Balaban J connectivity index is 2.73. The van der Waals surface area contributed by atoms with Crippen molar-refractivity contribution in [2.75, 3.05) is 24.1 Å². The van der Waals surface area contributed by atoms with Crippen LogP contribution in [0.5, 0.6) is 0 Å². The number of halogens is 3. The van der Waals surface area contributed by atoms with Crippen LogP contribution in [0.15, 0.2) is 12.1 Å². The molecule has 0 radical (unpaired) electrons. The summed E-state index contributed by atoms with van der Waals surface area (Å²) in [7, 11) is -1.64. The molecule has 1 aromatic carbocycles. The lowest BCUT2D eigenvalue weighted by Crippen LogP contribution is -2.18. The third kappa shape index (κ3) is 5.75. The fraction of sp³-hybridized carbons (Fsp3) is 0.455. The third-order valence-corrected chi connectivity index (χ3v) is 4.51. The van der Waals surface area contributed by atoms with Crippen LogP contribution in [0.3, 0.4) is 0 Å². The standard InChI is InChI=1S/C11H15Cl3N2O2S/c1-15-4-2-3-5-19(17,18)16-11-9(13)6-8(12)7-10(11)14/h6-7,15-16H,2-5H2,1H3. The van der Waals surface area contributed by atoms with Crippen molar-refractivity contribution in [1.29, 1.82) is 0 Å². The Morgan fingerprint density at radius 3 is 2.21 bits per heavy atom. The SMILES string of the molecule is CNCCCCS(=O)(=O)Nc1c(Cl)cc(Cl)cc1Cl. The van der Waals surface area contributed by atoms with Crippen LogP contribution in [0.1, 0.15) is 12.8 Å². The summed E-state index contributed by atoms with van der Waals surface area (Å²) in [6.45, 7) is 0.776. The van der Waals surface area contributed by atoms with E-state index in [1.54, 1.807) is 0 Å². The topological polar surface area (TPSA) is 58.2 Å². The average molecular weight is 346 g/mol. The van der Waals surface area contributed by atoms with E-state index in [9.17, 15) is 8.42 Å². The fourth-order valence-corrected chi connectivity index (χ4v) is 3.68. The van der Waals surface area contributed by atoms with Gasteiger partial charge >= 0.3 is 0 Å². The molecule has 0 aliphatic carbocycles. The molecule has 4 nitrogen and oxygen atoms in total. The molecule has 0 atom stereocenters. The maximum absolute atomic E-state index is 11.9. The maximum Gasteiger partial charge on any atom is 0.232 e. The molecule has 0 spiro atoms. The summed E-state index contributed by atoms with van der Waals surface area (Å²) in [5.41, 5.74) is 0.168. The molecule has 0 unspecified atom stereocenters. The van der Waals surface area contributed by atoms with Crippen LogP contribution in [0.25, 0.3) is 0 Å². The highest BCUT2D eigenvalue weighted by Gasteiger charge is 2.15. The first kappa shape index (κ1) is 16.9. The lowest BCUT2D eigenvalue weighted by atomic mass is 10.3. The van der Waals surface area contributed by atoms with Gasteiger partial charge in [0.05, 0.1) is 21.5 Å². The largest absolute Gasteiger partial charge is 0.320 e. The minimum Gasteiger partial charge on any atom is -0.320 e. The molecule has 0 amide bonds. The monoisotopic (exact) mass is 344 g/mol. The van der Waals surface area contributed by atoms with Gasteiger partial charge in [0.1, 0.15) is 0 Å². The molecular weight excluding hydrogens is 331 g/mol. The molecule has 108 valence electrons. The van der Waals surface area contributed by atoms with Gasteiger partial charge in [-0.1, -0.05) is 34.8 Å². The molecule has 0 aliphatic heterocycles. The quantitative estimate of drug-likeness (QED) is 0.745. The zero-order valence-corrected chi connectivity index (χ0v) is 13.4. The predicted octanol–water partition coefficient (Wildman–Crippen LogP) is 3.39. The van der Waals surface area contributed by atoms with E-state index in [1.807, 2.05) is 7.05 Å². The Bertz CT molecular complexity index is 512. The fourth-order valence-electron chi connectivity index (χ4n) is 1.44. The van der Waals surface area contributed by atoms with Crippen LogP contribution >= 0.6 is 34.8 Å². The van der Waals surface area contributed by atoms with Crippen molar-refractivity contribution in [2.24, 2.45) is 0 Å². The molecule has 0 heterocycles. The molecule has 0 bridgehead atoms. The minimum absolute atomic E-state index is 0.0178. The molecule has 1 aromatic rings. The average Bonchev–Trinajstić information content (AvgIpc) is 2.29. The molecule has 0 aromatic heterocycles. The second-order valence-electron chi connectivity index (χ2n) is 3.98. The van der Waals surface area contributed by atoms with Crippen molar-refractivity contribution < 1.29 is 8.42 Å². The van der Waals surface area contributed by atoms with Gasteiger partial charge < -0.3 is 5.32 Å². The van der Waals surface area contributed by atoms with Crippen LogP contribution in [0.4, 0.5) is 5.69 Å². The summed E-state index contributed by atoms with van der Waals surface area (Å²) in [5, 5.41) is 3.66. The van der Waals surface area contributed by atoms with Crippen LogP contribution < -0.4 is 10.0 Å². The van der Waals surface area contributed by atoms with Gasteiger partial charge in [-0.25, -0.2) is 8.42 Å². The molecule has 1 rings (SSSR count). The van der Waals surface area contributed by atoms with Gasteiger partial charge in [-0.05, 0) is 38.6 Å². The molecule has 8 heteroatoms. The predicted molar refractivity (Wildman–Crippen MR) is 82.0 cm³/mol. The number of nitrogens with one attached hydrogen (secondary N) is 2. The summed E-state index contributed by atoms with van der Waals surface area (Å²) in [4.78, 5) is 0. The van der Waals surface area contributed by atoms with Crippen molar-refractivity contribution in [3.63, 3.8) is 0 Å². The van der Waals surface area contributed by atoms with Crippen molar-refractivity contribution in [2.45, 2.75) is 12.8 Å². The van der Waals surface area contributed by atoms with Gasteiger partial charge in [-0.2, -0.15) is 0 Å². The van der Waals surface area contributed by atoms with Gasteiger partial charge in [0, 0.05) is 5.02 Å². The normalized spacial score (nSPS) is 11.6. The zero-order chi connectivity index (χ0) is 14.5. The number of benzene rings is 1. The van der Waals surface area contributed by atoms with Crippen LogP contribution in [0, 0.1) is 0 Å². The van der Waals surface area contributed by atoms with Crippen molar-refractivity contribution >= 4 is 50.5 Å². The van der Waals surface area contributed by atoms with Crippen LogP contribution in [-0.2, 0) is 10.0 Å². The Morgan fingerprint density at radius 1 is 1.11 bits per heavy atom. The maximum atomic E-state index is 11.9. The molecule has 0 fully saturated rings. The Kier molecular flexibility index (Phi) is 6.69. The summed E-state index contributed by atoms with van der Waals surface area (Å²) < 4.78 is 26.1. The van der Waals surface area contributed by atoms with E-state index in [0.717, 1.165) is 13.0 Å². The molecule has 0 saturated carbocycles. The van der Waals surface area contributed by atoms with E-state index in [4.69, 9.17) is 34.8 Å². The molecule has 19 heavy (non-hydrogen) atoms. The van der Waals surface area contributed by atoms with E-state index < -0.39 is 10.0 Å². The Labute approximate surface area is 128 Å². The summed E-state index contributed by atoms with van der Waals surface area (Å²) in [6.07, 6.45) is 1.33. The highest BCUT2D eigenvalue weighted by atomic mass is 35.5. The van der Waals surface area contributed by atoms with E-state index >= 15 is 0 Å².